The molecule has 0 fully saturated rings. The van der Waals surface area contributed by atoms with Crippen LogP contribution in [-0.4, -0.2) is 17.3 Å². The van der Waals surface area contributed by atoms with Crippen molar-refractivity contribution in [1.82, 2.24) is 0 Å². The Balaban J connectivity index is 3.01. The molecular weight excluding hydrogens is 224 g/mol. The van der Waals surface area contributed by atoms with Gasteiger partial charge in [-0.1, -0.05) is 18.5 Å². The molecule has 0 radical (unpaired) electrons. The Bertz CT molecular complexity index is 376. The molecule has 16 heavy (non-hydrogen) atoms. The topological polar surface area (TPSA) is 58.3 Å². The minimum absolute atomic E-state index is 0.0743. The summed E-state index contributed by atoms with van der Waals surface area (Å²) in [5, 5.41) is 13.2. The van der Waals surface area contributed by atoms with Crippen LogP contribution in [0.25, 0.3) is 0 Å². The summed E-state index contributed by atoms with van der Waals surface area (Å²) in [5.41, 5.74) is 7.89. The average Bonchev–Trinajstić information content (AvgIpc) is 2.25. The molecule has 1 aromatic carbocycles. The van der Waals surface area contributed by atoms with Crippen molar-refractivity contribution in [3.05, 3.63) is 22.7 Å². The molecule has 0 aromatic heterocycles. The van der Waals surface area contributed by atoms with Gasteiger partial charge in [0.05, 0.1) is 22.9 Å². The first kappa shape index (κ1) is 13.1. The van der Waals surface area contributed by atoms with Crippen molar-refractivity contribution in [2.45, 2.75) is 32.7 Å². The number of nitrogen functional groups attached to an aromatic ring is 1. The Kier molecular flexibility index (Phi) is 4.05. The van der Waals surface area contributed by atoms with Gasteiger partial charge in [-0.25, -0.2) is 0 Å². The minimum atomic E-state index is -0.329. The van der Waals surface area contributed by atoms with Crippen molar-refractivity contribution in [1.29, 1.82) is 0 Å². The Morgan fingerprint density at radius 2 is 2.12 bits per heavy atom. The monoisotopic (exact) mass is 242 g/mol. The van der Waals surface area contributed by atoms with Crippen LogP contribution in [0.3, 0.4) is 0 Å². The number of hydrogen-bond donors (Lipinski definition) is 3. The third-order valence-electron chi connectivity index (χ3n) is 2.91. The summed E-state index contributed by atoms with van der Waals surface area (Å²) in [5.74, 6) is 0. The first-order chi connectivity index (χ1) is 7.41. The summed E-state index contributed by atoms with van der Waals surface area (Å²) >= 11 is 5.97. The second-order valence-electron chi connectivity index (χ2n) is 4.39. The number of anilines is 2. The highest BCUT2D eigenvalue weighted by atomic mass is 35.5. The number of nitrogens with one attached hydrogen (secondary N) is 1. The zero-order valence-electron chi connectivity index (χ0n) is 9.97. The first-order valence-corrected chi connectivity index (χ1v) is 5.74. The van der Waals surface area contributed by atoms with E-state index in [1.807, 2.05) is 26.8 Å². The van der Waals surface area contributed by atoms with E-state index in [0.717, 1.165) is 17.7 Å². The Hall–Kier alpha value is -0.930. The summed E-state index contributed by atoms with van der Waals surface area (Å²) in [7, 11) is 0. The van der Waals surface area contributed by atoms with E-state index in [0.29, 0.717) is 10.7 Å². The molecular formula is C12H19ClN2O. The highest BCUT2D eigenvalue weighted by molar-refractivity contribution is 6.33. The van der Waals surface area contributed by atoms with Crippen molar-refractivity contribution in [3.8, 4) is 0 Å². The predicted molar refractivity (Wildman–Crippen MR) is 70.0 cm³/mol. The molecule has 0 spiro atoms. The Morgan fingerprint density at radius 1 is 1.50 bits per heavy atom. The van der Waals surface area contributed by atoms with Crippen molar-refractivity contribution >= 4 is 23.0 Å². The van der Waals surface area contributed by atoms with Crippen LogP contribution in [0.2, 0.25) is 5.02 Å². The summed E-state index contributed by atoms with van der Waals surface area (Å²) in [4.78, 5) is 0. The molecule has 4 heteroatoms. The molecule has 1 unspecified atom stereocenters. The fourth-order valence-corrected chi connectivity index (χ4v) is 1.57. The molecule has 0 bridgehead atoms. The number of aliphatic hydroxyl groups excluding tert-OH is 1. The smallest absolute Gasteiger partial charge is 0.0658 e. The van der Waals surface area contributed by atoms with E-state index in [9.17, 15) is 5.11 Å². The van der Waals surface area contributed by atoms with E-state index in [1.54, 1.807) is 6.07 Å². The molecule has 4 N–H and O–H groups in total. The van der Waals surface area contributed by atoms with E-state index in [4.69, 9.17) is 17.3 Å². The van der Waals surface area contributed by atoms with Crippen LogP contribution < -0.4 is 11.1 Å². The fraction of sp³-hybridized carbons (Fsp3) is 0.500. The van der Waals surface area contributed by atoms with Gasteiger partial charge in [0.15, 0.2) is 0 Å². The molecule has 0 aliphatic rings. The van der Waals surface area contributed by atoms with Gasteiger partial charge in [0, 0.05) is 5.69 Å². The van der Waals surface area contributed by atoms with Gasteiger partial charge in [0.1, 0.15) is 0 Å². The average molecular weight is 243 g/mol. The molecule has 1 atom stereocenters. The van der Waals surface area contributed by atoms with Gasteiger partial charge in [-0.3, -0.25) is 0 Å². The standard InChI is InChI=1S/C12H19ClN2O/c1-4-12(3,7-16)15-11-6-9(13)10(14)5-8(11)2/h5-6,15-16H,4,7,14H2,1-3H3. The second kappa shape index (κ2) is 4.93. The summed E-state index contributed by atoms with van der Waals surface area (Å²) in [6, 6.07) is 3.63. The van der Waals surface area contributed by atoms with E-state index in [2.05, 4.69) is 5.32 Å². The zero-order chi connectivity index (χ0) is 12.3. The third kappa shape index (κ3) is 2.80. The number of rotatable bonds is 4. The molecule has 90 valence electrons. The van der Waals surface area contributed by atoms with Gasteiger partial charge in [-0.05, 0) is 38.0 Å². The highest BCUT2D eigenvalue weighted by Gasteiger charge is 2.21. The minimum Gasteiger partial charge on any atom is -0.398 e. The van der Waals surface area contributed by atoms with E-state index in [1.165, 1.54) is 0 Å². The van der Waals surface area contributed by atoms with Crippen LogP contribution >= 0.6 is 11.6 Å². The van der Waals surface area contributed by atoms with Crippen LogP contribution in [0.4, 0.5) is 11.4 Å². The highest BCUT2D eigenvalue weighted by Crippen LogP contribution is 2.29. The lowest BCUT2D eigenvalue weighted by Crippen LogP contribution is -2.38. The number of nitrogens with two attached hydrogens (primary N) is 1. The van der Waals surface area contributed by atoms with Crippen LogP contribution in [-0.2, 0) is 0 Å². The maximum atomic E-state index is 9.34. The van der Waals surface area contributed by atoms with Crippen LogP contribution in [0.15, 0.2) is 12.1 Å². The lowest BCUT2D eigenvalue weighted by atomic mass is 9.99. The van der Waals surface area contributed by atoms with Gasteiger partial charge >= 0.3 is 0 Å². The molecule has 0 aliphatic heterocycles. The lowest BCUT2D eigenvalue weighted by molar-refractivity contribution is 0.219. The van der Waals surface area contributed by atoms with E-state index < -0.39 is 0 Å². The van der Waals surface area contributed by atoms with Gasteiger partial charge in [-0.15, -0.1) is 0 Å². The quantitative estimate of drug-likeness (QED) is 0.712. The molecule has 1 rings (SSSR count). The van der Waals surface area contributed by atoms with Gasteiger partial charge in [0.2, 0.25) is 0 Å². The number of hydrogen-bond acceptors (Lipinski definition) is 3. The molecule has 0 saturated carbocycles. The van der Waals surface area contributed by atoms with Crippen molar-refractivity contribution in [2.24, 2.45) is 0 Å². The number of aliphatic hydroxyl groups is 1. The van der Waals surface area contributed by atoms with Crippen molar-refractivity contribution < 1.29 is 5.11 Å². The molecule has 1 aromatic rings. The summed E-state index contributed by atoms with van der Waals surface area (Å²) < 4.78 is 0. The summed E-state index contributed by atoms with van der Waals surface area (Å²) in [6.45, 7) is 6.03. The third-order valence-corrected chi connectivity index (χ3v) is 3.24. The van der Waals surface area contributed by atoms with Gasteiger partial charge in [-0.2, -0.15) is 0 Å². The van der Waals surface area contributed by atoms with E-state index >= 15 is 0 Å². The number of aryl methyl sites for hydroxylation is 1. The van der Waals surface area contributed by atoms with Crippen LogP contribution in [0, 0.1) is 6.92 Å². The van der Waals surface area contributed by atoms with Gasteiger partial charge in [0.25, 0.3) is 0 Å². The molecule has 0 aliphatic carbocycles. The van der Waals surface area contributed by atoms with Crippen molar-refractivity contribution in [3.63, 3.8) is 0 Å². The second-order valence-corrected chi connectivity index (χ2v) is 4.79. The normalized spacial score (nSPS) is 14.6. The largest absolute Gasteiger partial charge is 0.398 e. The molecule has 0 saturated heterocycles. The molecule has 0 amide bonds. The van der Waals surface area contributed by atoms with Crippen molar-refractivity contribution in [2.75, 3.05) is 17.7 Å². The summed E-state index contributed by atoms with van der Waals surface area (Å²) in [6.07, 6.45) is 0.824. The first-order valence-electron chi connectivity index (χ1n) is 5.36. The molecule has 3 nitrogen and oxygen atoms in total. The Morgan fingerprint density at radius 3 is 2.62 bits per heavy atom. The van der Waals surface area contributed by atoms with Gasteiger partial charge < -0.3 is 16.2 Å². The fourth-order valence-electron chi connectivity index (χ4n) is 1.40. The molecule has 0 heterocycles. The maximum absolute atomic E-state index is 9.34. The lowest BCUT2D eigenvalue weighted by Gasteiger charge is -2.29. The number of halogens is 1. The SMILES string of the molecule is CCC(C)(CO)Nc1cc(Cl)c(N)cc1C. The van der Waals surface area contributed by atoms with Crippen LogP contribution in [0.5, 0.6) is 0 Å². The Labute approximate surface area is 102 Å². The predicted octanol–water partition coefficient (Wildman–Crippen LogP) is 2.80. The number of benzene rings is 1. The van der Waals surface area contributed by atoms with Crippen LogP contribution in [0.1, 0.15) is 25.8 Å². The maximum Gasteiger partial charge on any atom is 0.0658 e. The zero-order valence-corrected chi connectivity index (χ0v) is 10.7. The van der Waals surface area contributed by atoms with E-state index in [-0.39, 0.29) is 12.1 Å².